The molecule has 1 N–H and O–H groups in total. The minimum atomic E-state index is -0.153. The van der Waals surface area contributed by atoms with E-state index in [-0.39, 0.29) is 11.9 Å². The molecule has 0 bridgehead atoms. The Morgan fingerprint density at radius 1 is 1.28 bits per heavy atom. The third-order valence-electron chi connectivity index (χ3n) is 4.51. The van der Waals surface area contributed by atoms with Gasteiger partial charge in [0, 0.05) is 49.0 Å². The highest BCUT2D eigenvalue weighted by atomic mass is 79.9. The first-order valence-electron chi connectivity index (χ1n) is 8.46. The third-order valence-corrected chi connectivity index (χ3v) is 5.04. The molecule has 7 heteroatoms. The number of anilines is 1. The summed E-state index contributed by atoms with van der Waals surface area (Å²) in [5, 5.41) is 7.03. The Labute approximate surface area is 156 Å². The van der Waals surface area contributed by atoms with Crippen LogP contribution in [-0.2, 0) is 11.3 Å². The van der Waals surface area contributed by atoms with Crippen molar-refractivity contribution in [2.24, 2.45) is 0 Å². The van der Waals surface area contributed by atoms with Crippen LogP contribution in [0.15, 0.2) is 39.3 Å². The monoisotopic (exact) mass is 406 g/mol. The predicted octanol–water partition coefficient (Wildman–Crippen LogP) is 2.89. The minimum absolute atomic E-state index is 0.0305. The van der Waals surface area contributed by atoms with Crippen LogP contribution >= 0.6 is 15.9 Å². The van der Waals surface area contributed by atoms with Gasteiger partial charge in [0.1, 0.15) is 5.76 Å². The van der Waals surface area contributed by atoms with Crippen LogP contribution in [0.1, 0.15) is 18.4 Å². The van der Waals surface area contributed by atoms with Crippen LogP contribution in [-0.4, -0.2) is 53.1 Å². The van der Waals surface area contributed by atoms with E-state index in [1.165, 1.54) is 0 Å². The first-order chi connectivity index (χ1) is 12.0. The second-order valence-electron chi connectivity index (χ2n) is 6.41. The minimum Gasteiger partial charge on any atom is -0.361 e. The van der Waals surface area contributed by atoms with Gasteiger partial charge in [-0.2, -0.15) is 0 Å². The maximum atomic E-state index is 12.5. The van der Waals surface area contributed by atoms with Crippen molar-refractivity contribution < 1.29 is 9.32 Å². The zero-order valence-corrected chi connectivity index (χ0v) is 16.1. The summed E-state index contributed by atoms with van der Waals surface area (Å²) in [5.41, 5.74) is 1.78. The topological polar surface area (TPSA) is 61.6 Å². The number of nitrogens with zero attached hydrogens (tertiary/aromatic N) is 3. The van der Waals surface area contributed by atoms with Gasteiger partial charge >= 0.3 is 0 Å². The maximum Gasteiger partial charge on any atom is 0.241 e. The Balaban J connectivity index is 1.48. The van der Waals surface area contributed by atoms with Gasteiger partial charge < -0.3 is 9.84 Å². The summed E-state index contributed by atoms with van der Waals surface area (Å²) in [6.07, 6.45) is 0. The molecular formula is C18H23BrN4O2. The highest BCUT2D eigenvalue weighted by Crippen LogP contribution is 2.16. The third kappa shape index (κ3) is 4.90. The summed E-state index contributed by atoms with van der Waals surface area (Å²) in [6, 6.07) is 9.45. The standard InChI is InChI=1S/C18H23BrN4O2/c1-13-11-17(21-25-13)12-22-7-9-23(10-8-22)14(2)18(24)20-16-5-3-15(19)4-6-16/h3-6,11,14H,7-10,12H2,1-2H3,(H,20,24)/t14-/m1/s1. The second kappa shape index (κ2) is 8.12. The molecule has 2 aromatic rings. The van der Waals surface area contributed by atoms with Crippen molar-refractivity contribution >= 4 is 27.5 Å². The fourth-order valence-corrected chi connectivity index (χ4v) is 3.24. The number of carbonyl (C=O) groups excluding carboxylic acids is 1. The summed E-state index contributed by atoms with van der Waals surface area (Å²) < 4.78 is 6.12. The van der Waals surface area contributed by atoms with Crippen LogP contribution in [0.4, 0.5) is 5.69 Å². The van der Waals surface area contributed by atoms with Crippen molar-refractivity contribution in [1.29, 1.82) is 0 Å². The van der Waals surface area contributed by atoms with Crippen LogP contribution in [0.2, 0.25) is 0 Å². The Morgan fingerprint density at radius 2 is 1.96 bits per heavy atom. The van der Waals surface area contributed by atoms with Gasteiger partial charge in [-0.3, -0.25) is 14.6 Å². The molecule has 1 atom stereocenters. The first kappa shape index (κ1) is 18.1. The molecule has 6 nitrogen and oxygen atoms in total. The number of carbonyl (C=O) groups is 1. The van der Waals surface area contributed by atoms with Crippen LogP contribution in [0.5, 0.6) is 0 Å². The molecule has 0 spiro atoms. The average molecular weight is 407 g/mol. The van der Waals surface area contributed by atoms with Gasteiger partial charge in [0.05, 0.1) is 11.7 Å². The van der Waals surface area contributed by atoms with Gasteiger partial charge in [0.25, 0.3) is 0 Å². The predicted molar refractivity (Wildman–Crippen MR) is 100 cm³/mol. The zero-order valence-electron chi connectivity index (χ0n) is 14.5. The molecule has 1 saturated heterocycles. The number of aryl methyl sites for hydroxylation is 1. The van der Waals surface area contributed by atoms with E-state index in [4.69, 9.17) is 4.52 Å². The van der Waals surface area contributed by atoms with E-state index in [1.54, 1.807) is 0 Å². The number of hydrogen-bond donors (Lipinski definition) is 1. The number of amides is 1. The molecule has 1 fully saturated rings. The highest BCUT2D eigenvalue weighted by Gasteiger charge is 2.26. The van der Waals surface area contributed by atoms with Gasteiger partial charge in [-0.1, -0.05) is 21.1 Å². The smallest absolute Gasteiger partial charge is 0.241 e. The molecule has 0 aliphatic carbocycles. The molecule has 0 radical (unpaired) electrons. The molecule has 134 valence electrons. The number of aromatic nitrogens is 1. The Morgan fingerprint density at radius 3 is 2.56 bits per heavy atom. The maximum absolute atomic E-state index is 12.5. The average Bonchev–Trinajstić information content (AvgIpc) is 3.02. The number of piperazine rings is 1. The first-order valence-corrected chi connectivity index (χ1v) is 9.25. The second-order valence-corrected chi connectivity index (χ2v) is 7.33. The molecule has 2 heterocycles. The Hall–Kier alpha value is -1.70. The summed E-state index contributed by atoms with van der Waals surface area (Å²) in [7, 11) is 0. The van der Waals surface area contributed by atoms with Gasteiger partial charge in [-0.05, 0) is 38.1 Å². The van der Waals surface area contributed by atoms with Crippen molar-refractivity contribution in [3.8, 4) is 0 Å². The summed E-state index contributed by atoms with van der Waals surface area (Å²) in [4.78, 5) is 17.0. The molecule has 25 heavy (non-hydrogen) atoms. The molecule has 1 amide bonds. The van der Waals surface area contributed by atoms with E-state index < -0.39 is 0 Å². The van der Waals surface area contributed by atoms with Gasteiger partial charge in [0.2, 0.25) is 5.91 Å². The Bertz CT molecular complexity index is 708. The SMILES string of the molecule is Cc1cc(CN2CCN([C@H](C)C(=O)Nc3ccc(Br)cc3)CC2)no1. The van der Waals surface area contributed by atoms with Gasteiger partial charge in [-0.25, -0.2) is 0 Å². The van der Waals surface area contributed by atoms with Crippen LogP contribution in [0.3, 0.4) is 0 Å². The van der Waals surface area contributed by atoms with Crippen LogP contribution in [0.25, 0.3) is 0 Å². The van der Waals surface area contributed by atoms with Gasteiger partial charge in [0.15, 0.2) is 0 Å². The molecule has 1 aliphatic heterocycles. The molecular weight excluding hydrogens is 384 g/mol. The summed E-state index contributed by atoms with van der Waals surface area (Å²) in [5.74, 6) is 0.870. The van der Waals surface area contributed by atoms with E-state index >= 15 is 0 Å². The van der Waals surface area contributed by atoms with E-state index in [1.807, 2.05) is 44.2 Å². The van der Waals surface area contributed by atoms with E-state index in [0.29, 0.717) is 0 Å². The lowest BCUT2D eigenvalue weighted by molar-refractivity contribution is -0.121. The molecule has 1 aromatic heterocycles. The fraction of sp³-hybridized carbons (Fsp3) is 0.444. The largest absolute Gasteiger partial charge is 0.361 e. The van der Waals surface area contributed by atoms with E-state index in [9.17, 15) is 4.79 Å². The number of halogens is 1. The quantitative estimate of drug-likeness (QED) is 0.826. The van der Waals surface area contributed by atoms with Gasteiger partial charge in [-0.15, -0.1) is 0 Å². The lowest BCUT2D eigenvalue weighted by Gasteiger charge is -2.37. The molecule has 0 unspecified atom stereocenters. The highest BCUT2D eigenvalue weighted by molar-refractivity contribution is 9.10. The van der Waals surface area contributed by atoms with Crippen molar-refractivity contribution in [3.63, 3.8) is 0 Å². The lowest BCUT2D eigenvalue weighted by atomic mass is 10.2. The van der Waals surface area contributed by atoms with E-state index in [0.717, 1.165) is 54.3 Å². The lowest BCUT2D eigenvalue weighted by Crippen LogP contribution is -2.52. The van der Waals surface area contributed by atoms with Crippen LogP contribution < -0.4 is 5.32 Å². The van der Waals surface area contributed by atoms with E-state index in [2.05, 4.69) is 36.2 Å². The van der Waals surface area contributed by atoms with Crippen LogP contribution in [0, 0.1) is 6.92 Å². The van der Waals surface area contributed by atoms with Crippen molar-refractivity contribution in [2.75, 3.05) is 31.5 Å². The molecule has 1 aromatic carbocycles. The number of hydrogen-bond acceptors (Lipinski definition) is 5. The van der Waals surface area contributed by atoms with Crippen molar-refractivity contribution in [3.05, 3.63) is 46.3 Å². The zero-order chi connectivity index (χ0) is 17.8. The molecule has 1 aliphatic rings. The molecule has 3 rings (SSSR count). The normalized spacial score (nSPS) is 17.4. The Kier molecular flexibility index (Phi) is 5.88. The number of benzene rings is 1. The summed E-state index contributed by atoms with van der Waals surface area (Å²) >= 11 is 3.40. The number of rotatable bonds is 5. The molecule has 0 saturated carbocycles. The number of nitrogens with one attached hydrogen (secondary N) is 1. The summed E-state index contributed by atoms with van der Waals surface area (Å²) in [6.45, 7) is 8.23. The fourth-order valence-electron chi connectivity index (χ4n) is 2.98. The van der Waals surface area contributed by atoms with Crippen molar-refractivity contribution in [1.82, 2.24) is 15.0 Å². The van der Waals surface area contributed by atoms with Crippen molar-refractivity contribution in [2.45, 2.75) is 26.4 Å².